The van der Waals surface area contributed by atoms with Crippen LogP contribution in [0.5, 0.6) is 0 Å². The van der Waals surface area contributed by atoms with E-state index in [1.807, 2.05) is 0 Å². The number of nitrogens with zero attached hydrogens (tertiary/aromatic N) is 1. The minimum Gasteiger partial charge on any atom is -0.481 e. The minimum absolute atomic E-state index is 1.14. The zero-order valence-corrected chi connectivity index (χ0v) is 24.7. The molecular weight excluding hydrogens is 486 g/mol. The number of carboxylic acid groups (broad SMARTS) is 3. The fourth-order valence-corrected chi connectivity index (χ4v) is 4.40. The smallest absolute Gasteiger partial charge is 0.336 e. The van der Waals surface area contributed by atoms with Crippen LogP contribution in [0.1, 0.15) is 149 Å². The first-order valence-corrected chi connectivity index (χ1v) is 15.2. The fourth-order valence-electron chi connectivity index (χ4n) is 4.40. The molecule has 0 saturated carbocycles. The van der Waals surface area contributed by atoms with Crippen LogP contribution in [-0.2, 0) is 14.4 Å². The first-order valence-electron chi connectivity index (χ1n) is 15.2. The van der Waals surface area contributed by atoms with Crippen LogP contribution in [-0.4, -0.2) is 68.5 Å². The number of carboxylic acids is 3. The molecule has 38 heavy (non-hydrogen) atoms. The van der Waals surface area contributed by atoms with Crippen molar-refractivity contribution < 1.29 is 34.8 Å². The van der Waals surface area contributed by atoms with Gasteiger partial charge in [-0.3, -0.25) is 9.59 Å². The van der Waals surface area contributed by atoms with Crippen LogP contribution in [0.2, 0.25) is 0 Å². The number of rotatable bonds is 26. The third-order valence-corrected chi connectivity index (χ3v) is 6.77. The SMILES string of the molecule is CCCCCCCCN(CCCCCCCC)CCCCCCCC.O=C(O)CC(O)(CC(=O)O)C(=O)O. The lowest BCUT2D eigenvalue weighted by molar-refractivity contribution is -0.170. The molecule has 0 aromatic heterocycles. The Hall–Kier alpha value is -1.67. The van der Waals surface area contributed by atoms with Gasteiger partial charge in [0.15, 0.2) is 5.60 Å². The first-order chi connectivity index (χ1) is 18.1. The Balaban J connectivity index is 0. The zero-order valence-electron chi connectivity index (χ0n) is 24.7. The first kappa shape index (κ1) is 38.5. The standard InChI is InChI=1S/C24H51N.C6H8O7/c1-4-7-10-13-16-19-22-25(23-20-17-14-11-8-5-2)24-21-18-15-12-9-6-3;7-3(8)1-6(13,5(11)12)2-4(9)10/h4-24H2,1-3H3;13H,1-2H2,(H,7,8)(H,9,10)(H,11,12). The summed E-state index contributed by atoms with van der Waals surface area (Å²) < 4.78 is 0. The van der Waals surface area contributed by atoms with E-state index in [1.165, 1.54) is 135 Å². The normalized spacial score (nSPS) is 11.3. The summed E-state index contributed by atoms with van der Waals surface area (Å²) in [5, 5.41) is 33.8. The molecule has 0 rings (SSSR count). The number of unbranched alkanes of at least 4 members (excludes halogenated alkanes) is 15. The van der Waals surface area contributed by atoms with Gasteiger partial charge >= 0.3 is 17.9 Å². The van der Waals surface area contributed by atoms with Crippen LogP contribution in [0.4, 0.5) is 0 Å². The lowest BCUT2D eigenvalue weighted by Crippen LogP contribution is -2.42. The predicted molar refractivity (Wildman–Crippen MR) is 154 cm³/mol. The fraction of sp³-hybridized carbons (Fsp3) is 0.900. The van der Waals surface area contributed by atoms with Crippen LogP contribution in [0.3, 0.4) is 0 Å². The van der Waals surface area contributed by atoms with E-state index in [0.717, 1.165) is 0 Å². The molecule has 0 saturated heterocycles. The summed E-state index contributed by atoms with van der Waals surface area (Å²) in [5.74, 6) is -5.02. The summed E-state index contributed by atoms with van der Waals surface area (Å²) in [4.78, 5) is 33.3. The van der Waals surface area contributed by atoms with Crippen LogP contribution in [0.15, 0.2) is 0 Å². The zero-order chi connectivity index (χ0) is 29.1. The molecule has 0 aliphatic carbocycles. The van der Waals surface area contributed by atoms with E-state index in [4.69, 9.17) is 20.4 Å². The molecule has 0 aliphatic rings. The van der Waals surface area contributed by atoms with Gasteiger partial charge in [0.2, 0.25) is 0 Å². The Morgan fingerprint density at radius 3 is 1.00 bits per heavy atom. The van der Waals surface area contributed by atoms with E-state index >= 15 is 0 Å². The molecule has 0 aromatic rings. The van der Waals surface area contributed by atoms with Gasteiger partial charge < -0.3 is 25.3 Å². The van der Waals surface area contributed by atoms with E-state index in [2.05, 4.69) is 25.7 Å². The maximum absolute atomic E-state index is 10.3. The van der Waals surface area contributed by atoms with Crippen molar-refractivity contribution in [2.24, 2.45) is 0 Å². The summed E-state index contributed by atoms with van der Waals surface area (Å²) >= 11 is 0. The van der Waals surface area contributed by atoms with Crippen molar-refractivity contribution >= 4 is 17.9 Å². The van der Waals surface area contributed by atoms with Crippen LogP contribution in [0.25, 0.3) is 0 Å². The molecular formula is C30H59NO7. The minimum atomic E-state index is -2.74. The molecule has 8 nitrogen and oxygen atoms in total. The van der Waals surface area contributed by atoms with Gasteiger partial charge in [-0.1, -0.05) is 117 Å². The number of carbonyl (C=O) groups is 3. The van der Waals surface area contributed by atoms with Gasteiger partial charge in [0.05, 0.1) is 12.8 Å². The van der Waals surface area contributed by atoms with Gasteiger partial charge in [0.1, 0.15) is 0 Å². The van der Waals surface area contributed by atoms with E-state index in [0.29, 0.717) is 0 Å². The largest absolute Gasteiger partial charge is 0.481 e. The number of aliphatic carboxylic acids is 3. The second-order valence-electron chi connectivity index (χ2n) is 10.6. The Morgan fingerprint density at radius 2 is 0.763 bits per heavy atom. The van der Waals surface area contributed by atoms with Crippen LogP contribution >= 0.6 is 0 Å². The highest BCUT2D eigenvalue weighted by atomic mass is 16.4. The molecule has 0 unspecified atom stereocenters. The molecule has 0 aromatic carbocycles. The maximum atomic E-state index is 10.3. The molecule has 0 amide bonds. The lowest BCUT2D eigenvalue weighted by Gasteiger charge is -2.22. The van der Waals surface area contributed by atoms with Crippen LogP contribution in [0, 0.1) is 0 Å². The average molecular weight is 546 g/mol. The van der Waals surface area contributed by atoms with E-state index in [1.54, 1.807) is 0 Å². The second-order valence-corrected chi connectivity index (χ2v) is 10.6. The molecule has 8 heteroatoms. The summed E-state index contributed by atoms with van der Waals surface area (Å²) in [7, 11) is 0. The third kappa shape index (κ3) is 26.0. The van der Waals surface area contributed by atoms with Crippen molar-refractivity contribution in [3.8, 4) is 0 Å². The van der Waals surface area contributed by atoms with E-state index in [9.17, 15) is 14.4 Å². The summed E-state index contributed by atoms with van der Waals surface area (Å²) in [6.45, 7) is 11.0. The van der Waals surface area contributed by atoms with Gasteiger partial charge in [-0.25, -0.2) is 4.79 Å². The van der Waals surface area contributed by atoms with Gasteiger partial charge in [-0.15, -0.1) is 0 Å². The van der Waals surface area contributed by atoms with Crippen molar-refractivity contribution in [3.05, 3.63) is 0 Å². The number of aliphatic hydroxyl groups is 1. The molecule has 0 heterocycles. The van der Waals surface area contributed by atoms with Crippen molar-refractivity contribution in [1.82, 2.24) is 4.90 Å². The number of hydrogen-bond acceptors (Lipinski definition) is 5. The molecule has 0 radical (unpaired) electrons. The molecule has 0 aliphatic heterocycles. The molecule has 226 valence electrons. The molecule has 0 spiro atoms. The molecule has 0 fully saturated rings. The summed E-state index contributed by atoms with van der Waals surface area (Å²) in [6.07, 6.45) is 23.4. The summed E-state index contributed by atoms with van der Waals surface area (Å²) in [5.41, 5.74) is -2.74. The second kappa shape index (κ2) is 26.9. The van der Waals surface area contributed by atoms with Gasteiger partial charge in [-0.05, 0) is 38.9 Å². The Kier molecular flexibility index (Phi) is 27.3. The van der Waals surface area contributed by atoms with E-state index in [-0.39, 0.29) is 0 Å². The average Bonchev–Trinajstić information content (AvgIpc) is 2.84. The predicted octanol–water partition coefficient (Wildman–Crippen LogP) is 7.12. The number of hydrogen-bond donors (Lipinski definition) is 4. The van der Waals surface area contributed by atoms with Crippen molar-refractivity contribution in [3.63, 3.8) is 0 Å². The molecule has 4 N–H and O–H groups in total. The Bertz CT molecular complexity index is 529. The summed E-state index contributed by atoms with van der Waals surface area (Å²) in [6, 6.07) is 0. The third-order valence-electron chi connectivity index (χ3n) is 6.77. The van der Waals surface area contributed by atoms with E-state index < -0.39 is 36.4 Å². The molecule has 0 atom stereocenters. The topological polar surface area (TPSA) is 135 Å². The van der Waals surface area contributed by atoms with Crippen molar-refractivity contribution in [2.75, 3.05) is 19.6 Å². The maximum Gasteiger partial charge on any atom is 0.336 e. The van der Waals surface area contributed by atoms with Gasteiger partial charge in [-0.2, -0.15) is 0 Å². The Labute approximate surface area is 232 Å². The highest BCUT2D eigenvalue weighted by Gasteiger charge is 2.40. The highest BCUT2D eigenvalue weighted by molar-refractivity contribution is 5.88. The quantitative estimate of drug-likeness (QED) is 0.0843. The monoisotopic (exact) mass is 545 g/mol. The highest BCUT2D eigenvalue weighted by Crippen LogP contribution is 2.16. The van der Waals surface area contributed by atoms with Crippen LogP contribution < -0.4 is 0 Å². The van der Waals surface area contributed by atoms with Gasteiger partial charge in [0, 0.05) is 0 Å². The van der Waals surface area contributed by atoms with Crippen molar-refractivity contribution in [1.29, 1.82) is 0 Å². The molecule has 0 bridgehead atoms. The Morgan fingerprint density at radius 1 is 0.500 bits per heavy atom. The van der Waals surface area contributed by atoms with Gasteiger partial charge in [0.25, 0.3) is 0 Å². The van der Waals surface area contributed by atoms with Crippen molar-refractivity contribution in [2.45, 2.75) is 155 Å². The lowest BCUT2D eigenvalue weighted by atomic mass is 9.96.